The Morgan fingerprint density at radius 2 is 1.97 bits per heavy atom. The maximum absolute atomic E-state index is 12.3. The van der Waals surface area contributed by atoms with Gasteiger partial charge in [0.1, 0.15) is 5.82 Å². The summed E-state index contributed by atoms with van der Waals surface area (Å²) in [5, 5.41) is 9.85. The van der Waals surface area contributed by atoms with Gasteiger partial charge in [0.2, 0.25) is 0 Å². The zero-order valence-electron chi connectivity index (χ0n) is 21.1. The van der Waals surface area contributed by atoms with Crippen molar-refractivity contribution in [1.29, 1.82) is 0 Å². The molecule has 2 aliphatic rings. The van der Waals surface area contributed by atoms with Crippen LogP contribution in [0.15, 0.2) is 41.3 Å². The Labute approximate surface area is 210 Å². The summed E-state index contributed by atoms with van der Waals surface area (Å²) in [5.41, 5.74) is 3.63. The molecule has 3 aromatic rings. The molecular formula is C27H35N5O4. The predicted molar refractivity (Wildman–Crippen MR) is 139 cm³/mol. The van der Waals surface area contributed by atoms with Gasteiger partial charge >= 0.3 is 6.09 Å². The molecule has 1 unspecified atom stereocenters. The van der Waals surface area contributed by atoms with E-state index in [4.69, 9.17) is 9.72 Å². The minimum Gasteiger partial charge on any atom is -0.465 e. The molecule has 1 atom stereocenters. The smallest absolute Gasteiger partial charge is 0.412 e. The Bertz CT molecular complexity index is 1290. The molecule has 0 aliphatic carbocycles. The van der Waals surface area contributed by atoms with E-state index in [9.17, 15) is 14.7 Å². The summed E-state index contributed by atoms with van der Waals surface area (Å²) in [7, 11) is 2.17. The van der Waals surface area contributed by atoms with Gasteiger partial charge in [0, 0.05) is 69.2 Å². The Balaban J connectivity index is 1.49. The molecule has 0 radical (unpaired) electrons. The van der Waals surface area contributed by atoms with Crippen LogP contribution in [0.5, 0.6) is 0 Å². The molecule has 5 rings (SSSR count). The van der Waals surface area contributed by atoms with Gasteiger partial charge in [-0.25, -0.2) is 9.78 Å². The highest BCUT2D eigenvalue weighted by Crippen LogP contribution is 2.36. The average molecular weight is 494 g/mol. The molecule has 1 amide bonds. The number of hydrogen-bond acceptors (Lipinski definition) is 5. The van der Waals surface area contributed by atoms with Gasteiger partial charge in [-0.3, -0.25) is 9.69 Å². The van der Waals surface area contributed by atoms with Crippen LogP contribution in [0.4, 0.5) is 10.5 Å². The maximum atomic E-state index is 12.3. The average Bonchev–Trinajstić information content (AvgIpc) is 3.24. The van der Waals surface area contributed by atoms with Crippen LogP contribution in [-0.2, 0) is 30.7 Å². The lowest BCUT2D eigenvalue weighted by Gasteiger charge is -2.33. The monoisotopic (exact) mass is 493 g/mol. The van der Waals surface area contributed by atoms with E-state index in [1.807, 2.05) is 31.3 Å². The van der Waals surface area contributed by atoms with E-state index in [-0.39, 0.29) is 11.6 Å². The third kappa shape index (κ3) is 4.77. The lowest BCUT2D eigenvalue weighted by molar-refractivity contribution is 0.0421. The molecule has 4 heterocycles. The molecule has 0 saturated carbocycles. The fraction of sp³-hybridized carbons (Fsp3) is 0.519. The van der Waals surface area contributed by atoms with Gasteiger partial charge in [0.15, 0.2) is 0 Å². The number of aromatic nitrogens is 3. The number of hydrogen-bond donors (Lipinski definition) is 1. The first kappa shape index (κ1) is 24.5. The fourth-order valence-corrected chi connectivity index (χ4v) is 5.64. The van der Waals surface area contributed by atoms with Crippen LogP contribution in [-0.4, -0.2) is 69.1 Å². The number of aryl methyl sites for hydroxylation is 3. The van der Waals surface area contributed by atoms with Crippen LogP contribution in [0, 0.1) is 0 Å². The molecule has 0 spiro atoms. The zero-order valence-corrected chi connectivity index (χ0v) is 21.1. The van der Waals surface area contributed by atoms with Crippen molar-refractivity contribution < 1.29 is 14.6 Å². The molecule has 0 bridgehead atoms. The number of carbonyl (C=O) groups is 1. The van der Waals surface area contributed by atoms with Gasteiger partial charge < -0.3 is 23.9 Å². The molecule has 1 saturated heterocycles. The van der Waals surface area contributed by atoms with Crippen LogP contribution in [0.25, 0.3) is 11.0 Å². The van der Waals surface area contributed by atoms with E-state index < -0.39 is 6.09 Å². The van der Waals surface area contributed by atoms with Crippen LogP contribution >= 0.6 is 0 Å². The van der Waals surface area contributed by atoms with Gasteiger partial charge in [0.05, 0.1) is 16.7 Å². The molecule has 36 heavy (non-hydrogen) atoms. The highest BCUT2D eigenvalue weighted by atomic mass is 16.5. The van der Waals surface area contributed by atoms with Crippen molar-refractivity contribution in [3.63, 3.8) is 0 Å². The van der Waals surface area contributed by atoms with Gasteiger partial charge in [0.25, 0.3) is 5.56 Å². The first-order valence-electron chi connectivity index (χ1n) is 12.9. The number of amides is 1. The number of carboxylic acid groups (broad SMARTS) is 1. The van der Waals surface area contributed by atoms with Crippen molar-refractivity contribution in [1.82, 2.24) is 19.0 Å². The summed E-state index contributed by atoms with van der Waals surface area (Å²) >= 11 is 0. The van der Waals surface area contributed by atoms with Crippen LogP contribution < -0.4 is 10.5 Å². The van der Waals surface area contributed by atoms with Gasteiger partial charge in [-0.05, 0) is 57.9 Å². The molecule has 9 heteroatoms. The molecule has 2 aliphatic heterocycles. The van der Waals surface area contributed by atoms with Gasteiger partial charge in [-0.2, -0.15) is 0 Å². The van der Waals surface area contributed by atoms with Gasteiger partial charge in [-0.1, -0.05) is 6.07 Å². The van der Waals surface area contributed by atoms with E-state index >= 15 is 0 Å². The summed E-state index contributed by atoms with van der Waals surface area (Å²) in [4.78, 5) is 33.2. The number of likely N-dealkylation sites (N-methyl/N-ethyl adjacent to an activating group) is 1. The fourth-order valence-electron chi connectivity index (χ4n) is 5.64. The molecule has 9 nitrogen and oxygen atoms in total. The molecular weight excluding hydrogens is 458 g/mol. The molecule has 2 aromatic heterocycles. The third-order valence-electron chi connectivity index (χ3n) is 7.76. The highest BCUT2D eigenvalue weighted by molar-refractivity contribution is 5.94. The van der Waals surface area contributed by atoms with E-state index in [1.54, 1.807) is 16.7 Å². The first-order chi connectivity index (χ1) is 17.4. The second-order valence-electron chi connectivity index (χ2n) is 9.96. The Morgan fingerprint density at radius 1 is 1.17 bits per heavy atom. The number of anilines is 1. The number of ether oxygens (including phenoxy) is 1. The Hall–Kier alpha value is -3.17. The van der Waals surface area contributed by atoms with Crippen molar-refractivity contribution in [3.05, 3.63) is 58.3 Å². The first-order valence-corrected chi connectivity index (χ1v) is 12.9. The van der Waals surface area contributed by atoms with E-state index in [0.717, 1.165) is 80.1 Å². The van der Waals surface area contributed by atoms with E-state index in [1.165, 1.54) is 4.90 Å². The normalized spacial score (nSPS) is 18.6. The lowest BCUT2D eigenvalue weighted by atomic mass is 9.96. The van der Waals surface area contributed by atoms with Crippen molar-refractivity contribution in [2.24, 2.45) is 0 Å². The van der Waals surface area contributed by atoms with Crippen molar-refractivity contribution in [2.75, 3.05) is 31.7 Å². The number of fused-ring (bicyclic) bond motifs is 3. The van der Waals surface area contributed by atoms with Crippen LogP contribution in [0.2, 0.25) is 0 Å². The summed E-state index contributed by atoms with van der Waals surface area (Å²) in [6, 6.07) is 9.59. The Kier molecular flexibility index (Phi) is 7.11. The lowest BCUT2D eigenvalue weighted by Crippen LogP contribution is -2.41. The third-order valence-corrected chi connectivity index (χ3v) is 7.76. The van der Waals surface area contributed by atoms with Crippen LogP contribution in [0.1, 0.15) is 37.6 Å². The van der Waals surface area contributed by atoms with Crippen molar-refractivity contribution >= 4 is 22.8 Å². The minimum atomic E-state index is -0.927. The summed E-state index contributed by atoms with van der Waals surface area (Å²) in [6.45, 7) is 5.77. The molecule has 1 aromatic carbocycles. The highest BCUT2D eigenvalue weighted by Gasteiger charge is 2.30. The van der Waals surface area contributed by atoms with Crippen molar-refractivity contribution in [3.8, 4) is 0 Å². The zero-order chi connectivity index (χ0) is 25.2. The minimum absolute atomic E-state index is 0.0251. The quantitative estimate of drug-likeness (QED) is 0.543. The summed E-state index contributed by atoms with van der Waals surface area (Å²) < 4.78 is 9.51. The summed E-state index contributed by atoms with van der Waals surface area (Å²) in [5.74, 6) is 0.926. The Morgan fingerprint density at radius 3 is 2.72 bits per heavy atom. The standard InChI is InChI=1S/C27H35N5O4/c1-19-6-7-21-22(32(19)27(34)35)8-9-23-26(21)28-24(10-14-30-13-4-3-5-25(30)33)31(23)16-15-29(2)20-11-17-36-18-12-20/h3-5,8-9,13,19-20H,6-7,10-12,14-18H2,1-2H3,(H,34,35). The van der Waals surface area contributed by atoms with Crippen LogP contribution in [0.3, 0.4) is 0 Å². The van der Waals surface area contributed by atoms with E-state index in [0.29, 0.717) is 19.0 Å². The second kappa shape index (κ2) is 10.4. The van der Waals surface area contributed by atoms with Gasteiger partial charge in [-0.15, -0.1) is 0 Å². The second-order valence-corrected chi connectivity index (χ2v) is 9.96. The topological polar surface area (TPSA) is 92.8 Å². The number of rotatable bonds is 7. The SMILES string of the molecule is CC1CCc2c(ccc3c2nc(CCn2ccccc2=O)n3CCN(C)C2CCOCC2)N1C(=O)O. The van der Waals surface area contributed by atoms with E-state index in [2.05, 4.69) is 16.5 Å². The number of pyridine rings is 1. The maximum Gasteiger partial charge on any atom is 0.412 e. The predicted octanol–water partition coefficient (Wildman–Crippen LogP) is 3.37. The molecule has 1 fully saturated rings. The van der Waals surface area contributed by atoms with Crippen molar-refractivity contribution in [2.45, 2.75) is 64.2 Å². The number of imidazole rings is 1. The molecule has 192 valence electrons. The molecule has 1 N–H and O–H groups in total. The number of benzene rings is 1. The largest absolute Gasteiger partial charge is 0.465 e. The number of nitrogens with zero attached hydrogens (tertiary/aromatic N) is 5. The summed E-state index contributed by atoms with van der Waals surface area (Å²) in [6.07, 6.45) is 5.16.